The normalized spacial score (nSPS) is 12.6. The third-order valence-corrected chi connectivity index (χ3v) is 1.71. The number of terminal acetylenes is 1. The lowest BCUT2D eigenvalue weighted by Crippen LogP contribution is -1.99. The Kier molecular flexibility index (Phi) is 6.08. The van der Waals surface area contributed by atoms with Crippen LogP contribution >= 0.6 is 15.9 Å². The lowest BCUT2D eigenvalue weighted by atomic mass is 10.2. The zero-order valence-electron chi connectivity index (χ0n) is 5.24. The third-order valence-electron chi connectivity index (χ3n) is 1.01. The Morgan fingerprint density at radius 2 is 2.33 bits per heavy atom. The van der Waals surface area contributed by atoms with Crippen LogP contribution in [0.5, 0.6) is 0 Å². The van der Waals surface area contributed by atoms with Gasteiger partial charge in [-0.1, -0.05) is 15.9 Å². The predicted octanol–water partition coefficient (Wildman–Crippen LogP) is 2.52. The van der Waals surface area contributed by atoms with E-state index in [0.29, 0.717) is 18.2 Å². The highest BCUT2D eigenvalue weighted by Gasteiger charge is 2.01. The summed E-state index contributed by atoms with van der Waals surface area (Å²) in [6, 6.07) is 0. The van der Waals surface area contributed by atoms with E-state index in [9.17, 15) is 4.39 Å². The van der Waals surface area contributed by atoms with E-state index in [1.807, 2.05) is 0 Å². The summed E-state index contributed by atoms with van der Waals surface area (Å²) in [7, 11) is 0. The summed E-state index contributed by atoms with van der Waals surface area (Å²) < 4.78 is 12.3. The molecule has 9 heavy (non-hydrogen) atoms. The van der Waals surface area contributed by atoms with Gasteiger partial charge in [-0.05, 0) is 12.8 Å². The minimum Gasteiger partial charge on any atom is -0.247 e. The van der Waals surface area contributed by atoms with Crippen LogP contribution in [0.15, 0.2) is 0 Å². The van der Waals surface area contributed by atoms with Gasteiger partial charge in [0.25, 0.3) is 0 Å². The second-order valence-corrected chi connectivity index (χ2v) is 2.50. The highest BCUT2D eigenvalue weighted by molar-refractivity contribution is 9.09. The molecule has 0 aromatic rings. The van der Waals surface area contributed by atoms with E-state index in [0.717, 1.165) is 6.42 Å². The molecule has 2 heteroatoms. The van der Waals surface area contributed by atoms with Crippen molar-refractivity contribution in [2.24, 2.45) is 0 Å². The molecule has 0 fully saturated rings. The van der Waals surface area contributed by atoms with Crippen LogP contribution in [0, 0.1) is 12.3 Å². The van der Waals surface area contributed by atoms with E-state index in [1.54, 1.807) is 0 Å². The smallest absolute Gasteiger partial charge is 0.110 e. The van der Waals surface area contributed by atoms with Gasteiger partial charge in [0.1, 0.15) is 6.17 Å². The molecule has 52 valence electrons. The molecule has 0 amide bonds. The van der Waals surface area contributed by atoms with Crippen LogP contribution < -0.4 is 0 Å². The van der Waals surface area contributed by atoms with Crippen molar-refractivity contribution >= 4 is 15.9 Å². The van der Waals surface area contributed by atoms with E-state index < -0.39 is 6.17 Å². The first-order valence-corrected chi connectivity index (χ1v) is 4.07. The first-order chi connectivity index (χ1) is 4.31. The number of unbranched alkanes of at least 4 members (excludes halogenated alkanes) is 1. The Labute approximate surface area is 64.0 Å². The van der Waals surface area contributed by atoms with Crippen molar-refractivity contribution in [1.29, 1.82) is 0 Å². The molecule has 0 spiro atoms. The molecule has 1 atom stereocenters. The van der Waals surface area contributed by atoms with Gasteiger partial charge in [-0.25, -0.2) is 4.39 Å². The zero-order valence-corrected chi connectivity index (χ0v) is 6.83. The fourth-order valence-electron chi connectivity index (χ4n) is 0.503. The highest BCUT2D eigenvalue weighted by atomic mass is 79.9. The van der Waals surface area contributed by atoms with Crippen molar-refractivity contribution in [2.75, 3.05) is 5.33 Å². The molecular formula is C7H10BrF. The summed E-state index contributed by atoms with van der Waals surface area (Å²) in [5, 5.41) is 0.428. The van der Waals surface area contributed by atoms with Crippen LogP contribution in [0.4, 0.5) is 4.39 Å². The molecular weight excluding hydrogens is 183 g/mol. The summed E-state index contributed by atoms with van der Waals surface area (Å²) in [6.45, 7) is 0. The minimum absolute atomic E-state index is 0.428. The molecule has 0 aliphatic rings. The van der Waals surface area contributed by atoms with Gasteiger partial charge in [0, 0.05) is 11.8 Å². The Balaban J connectivity index is 2.99. The predicted molar refractivity (Wildman–Crippen MR) is 41.4 cm³/mol. The van der Waals surface area contributed by atoms with Crippen LogP contribution in [0.2, 0.25) is 0 Å². The van der Waals surface area contributed by atoms with Gasteiger partial charge in [0.2, 0.25) is 0 Å². The topological polar surface area (TPSA) is 0 Å². The van der Waals surface area contributed by atoms with Crippen molar-refractivity contribution < 1.29 is 4.39 Å². The van der Waals surface area contributed by atoms with Crippen LogP contribution in [-0.4, -0.2) is 11.5 Å². The third kappa shape index (κ3) is 5.85. The average molecular weight is 193 g/mol. The molecule has 0 aliphatic heterocycles. The monoisotopic (exact) mass is 192 g/mol. The lowest BCUT2D eigenvalue weighted by Gasteiger charge is -1.99. The fraction of sp³-hybridized carbons (Fsp3) is 0.714. The van der Waals surface area contributed by atoms with E-state index in [-0.39, 0.29) is 0 Å². The van der Waals surface area contributed by atoms with Gasteiger partial charge >= 0.3 is 0 Å². The number of hydrogen-bond donors (Lipinski definition) is 0. The Morgan fingerprint density at radius 3 is 2.78 bits per heavy atom. The first-order valence-electron chi connectivity index (χ1n) is 2.94. The average Bonchev–Trinajstić information content (AvgIpc) is 1.89. The SMILES string of the molecule is C#CCCC[C@@H](F)CBr. The summed E-state index contributed by atoms with van der Waals surface area (Å²) in [4.78, 5) is 0. The van der Waals surface area contributed by atoms with E-state index >= 15 is 0 Å². The number of halogens is 2. The van der Waals surface area contributed by atoms with Gasteiger partial charge in [0.15, 0.2) is 0 Å². The largest absolute Gasteiger partial charge is 0.247 e. The van der Waals surface area contributed by atoms with Gasteiger partial charge in [0.05, 0.1) is 0 Å². The second-order valence-electron chi connectivity index (χ2n) is 1.85. The zero-order chi connectivity index (χ0) is 7.11. The maximum Gasteiger partial charge on any atom is 0.110 e. The highest BCUT2D eigenvalue weighted by Crippen LogP contribution is 2.06. The number of alkyl halides is 2. The van der Waals surface area contributed by atoms with Crippen LogP contribution in [0.25, 0.3) is 0 Å². The van der Waals surface area contributed by atoms with Crippen molar-refractivity contribution in [3.05, 3.63) is 0 Å². The van der Waals surface area contributed by atoms with Gasteiger partial charge in [-0.15, -0.1) is 12.3 Å². The molecule has 0 bridgehead atoms. The molecule has 0 unspecified atom stereocenters. The molecule has 0 saturated carbocycles. The maximum absolute atomic E-state index is 12.3. The fourth-order valence-corrected chi connectivity index (χ4v) is 0.827. The Bertz CT molecular complexity index is 95.6. The van der Waals surface area contributed by atoms with Gasteiger partial charge < -0.3 is 0 Å². The van der Waals surface area contributed by atoms with Crippen LogP contribution in [0.3, 0.4) is 0 Å². The standard InChI is InChI=1S/C7H10BrF/c1-2-3-4-5-7(9)6-8/h1,7H,3-6H2/t7-/m1/s1. The van der Waals surface area contributed by atoms with Gasteiger partial charge in [-0.2, -0.15) is 0 Å². The first kappa shape index (κ1) is 8.97. The van der Waals surface area contributed by atoms with Crippen molar-refractivity contribution in [1.82, 2.24) is 0 Å². The van der Waals surface area contributed by atoms with Crippen LogP contribution in [-0.2, 0) is 0 Å². The summed E-state index contributed by atoms with van der Waals surface area (Å²) in [5.74, 6) is 2.47. The quantitative estimate of drug-likeness (QED) is 0.365. The van der Waals surface area contributed by atoms with E-state index in [4.69, 9.17) is 6.42 Å². The summed E-state index contributed by atoms with van der Waals surface area (Å²) >= 11 is 3.04. The van der Waals surface area contributed by atoms with Crippen molar-refractivity contribution in [2.45, 2.75) is 25.4 Å². The van der Waals surface area contributed by atoms with E-state index in [2.05, 4.69) is 21.9 Å². The second kappa shape index (κ2) is 6.10. The summed E-state index contributed by atoms with van der Waals surface area (Å²) in [5.41, 5.74) is 0. The summed E-state index contributed by atoms with van der Waals surface area (Å²) in [6.07, 6.45) is 6.31. The van der Waals surface area contributed by atoms with Crippen molar-refractivity contribution in [3.63, 3.8) is 0 Å². The molecule has 0 aliphatic carbocycles. The van der Waals surface area contributed by atoms with Crippen LogP contribution in [0.1, 0.15) is 19.3 Å². The molecule has 0 nitrogen and oxygen atoms in total. The lowest BCUT2D eigenvalue weighted by molar-refractivity contribution is 0.343. The molecule has 0 rings (SSSR count). The molecule has 0 N–H and O–H groups in total. The number of hydrogen-bond acceptors (Lipinski definition) is 0. The minimum atomic E-state index is -0.724. The Morgan fingerprint density at radius 1 is 1.67 bits per heavy atom. The van der Waals surface area contributed by atoms with Gasteiger partial charge in [-0.3, -0.25) is 0 Å². The Hall–Kier alpha value is -0.0300. The van der Waals surface area contributed by atoms with E-state index in [1.165, 1.54) is 0 Å². The maximum atomic E-state index is 12.3. The molecule has 0 saturated heterocycles. The molecule has 0 aromatic carbocycles. The molecule has 0 heterocycles. The number of rotatable bonds is 4. The molecule has 0 aromatic heterocycles. The van der Waals surface area contributed by atoms with Crippen molar-refractivity contribution in [3.8, 4) is 12.3 Å². The molecule has 0 radical (unpaired) electrons.